The largest absolute Gasteiger partial charge is 0.346 e. The first-order valence-corrected chi connectivity index (χ1v) is 8.82. The Morgan fingerprint density at radius 3 is 2.65 bits per heavy atom. The molecular formula is C18H23N5O3. The van der Waals surface area contributed by atoms with Crippen molar-refractivity contribution in [1.29, 1.82) is 0 Å². The number of hydrogen-bond donors (Lipinski definition) is 1. The maximum absolute atomic E-state index is 12.3. The van der Waals surface area contributed by atoms with Crippen LogP contribution in [0.1, 0.15) is 32.2 Å². The van der Waals surface area contributed by atoms with Crippen LogP contribution in [0.15, 0.2) is 23.0 Å². The molecule has 2 aromatic rings. The van der Waals surface area contributed by atoms with E-state index in [1.807, 2.05) is 26.0 Å². The minimum atomic E-state index is -0.308. The van der Waals surface area contributed by atoms with Gasteiger partial charge in [0, 0.05) is 37.8 Å². The van der Waals surface area contributed by atoms with Crippen LogP contribution in [0.25, 0.3) is 0 Å². The van der Waals surface area contributed by atoms with Gasteiger partial charge in [-0.15, -0.1) is 0 Å². The fraction of sp³-hybridized carbons (Fsp3) is 0.444. The number of carbonyl (C=O) groups excluding carboxylic acids is 2. The van der Waals surface area contributed by atoms with Crippen LogP contribution in [0.2, 0.25) is 0 Å². The van der Waals surface area contributed by atoms with Gasteiger partial charge < -0.3 is 10.2 Å². The molecule has 0 saturated heterocycles. The zero-order chi connectivity index (χ0) is 18.8. The number of rotatable bonds is 5. The standard InChI is InChI=1S/C18H23N5O3/c1-4-16-20-23(18(26)21(16)5-2)11-17(25)19-14-6-7-15-13(10-14)8-9-22(15)12(3)24/h6-7,10H,4-5,8-9,11H2,1-3H3,(H,19,25). The Labute approximate surface area is 151 Å². The second-order valence-corrected chi connectivity index (χ2v) is 6.27. The molecule has 0 spiro atoms. The van der Waals surface area contributed by atoms with Crippen LogP contribution >= 0.6 is 0 Å². The number of anilines is 2. The minimum Gasteiger partial charge on any atom is -0.324 e. The third-order valence-corrected chi connectivity index (χ3v) is 4.56. The number of benzene rings is 1. The van der Waals surface area contributed by atoms with E-state index in [9.17, 15) is 14.4 Å². The van der Waals surface area contributed by atoms with Gasteiger partial charge in [0.1, 0.15) is 12.4 Å². The molecule has 0 fully saturated rings. The molecule has 8 heteroatoms. The summed E-state index contributed by atoms with van der Waals surface area (Å²) < 4.78 is 2.77. The molecule has 1 aromatic carbocycles. The molecule has 8 nitrogen and oxygen atoms in total. The summed E-state index contributed by atoms with van der Waals surface area (Å²) in [5.41, 5.74) is 2.29. The van der Waals surface area contributed by atoms with E-state index in [1.165, 1.54) is 4.68 Å². The second kappa shape index (κ2) is 7.15. The number of carbonyl (C=O) groups is 2. The van der Waals surface area contributed by atoms with Crippen molar-refractivity contribution in [2.24, 2.45) is 0 Å². The van der Waals surface area contributed by atoms with E-state index in [4.69, 9.17) is 0 Å². The highest BCUT2D eigenvalue weighted by atomic mass is 16.2. The van der Waals surface area contributed by atoms with Crippen molar-refractivity contribution in [3.63, 3.8) is 0 Å². The summed E-state index contributed by atoms with van der Waals surface area (Å²) in [6, 6.07) is 5.48. The van der Waals surface area contributed by atoms with Crippen molar-refractivity contribution in [1.82, 2.24) is 14.3 Å². The monoisotopic (exact) mass is 357 g/mol. The van der Waals surface area contributed by atoms with Crippen LogP contribution in [0.5, 0.6) is 0 Å². The van der Waals surface area contributed by atoms with Gasteiger partial charge in [0.15, 0.2) is 0 Å². The Balaban J connectivity index is 1.73. The molecule has 0 saturated carbocycles. The highest BCUT2D eigenvalue weighted by Crippen LogP contribution is 2.30. The first-order chi connectivity index (χ1) is 12.4. The van der Waals surface area contributed by atoms with Crippen LogP contribution in [0, 0.1) is 0 Å². The van der Waals surface area contributed by atoms with E-state index in [1.54, 1.807) is 22.5 Å². The van der Waals surface area contributed by atoms with E-state index < -0.39 is 0 Å². The molecule has 0 unspecified atom stereocenters. The van der Waals surface area contributed by atoms with E-state index in [2.05, 4.69) is 10.4 Å². The smallest absolute Gasteiger partial charge is 0.324 e. The lowest BCUT2D eigenvalue weighted by Gasteiger charge is -2.15. The number of aryl methyl sites for hydroxylation is 1. The molecule has 2 heterocycles. The Morgan fingerprint density at radius 2 is 2.04 bits per heavy atom. The van der Waals surface area contributed by atoms with Crippen LogP contribution < -0.4 is 15.9 Å². The summed E-state index contributed by atoms with van der Waals surface area (Å²) >= 11 is 0. The zero-order valence-corrected chi connectivity index (χ0v) is 15.3. The quantitative estimate of drug-likeness (QED) is 0.870. The van der Waals surface area contributed by atoms with Crippen molar-refractivity contribution in [3.8, 4) is 0 Å². The van der Waals surface area contributed by atoms with E-state index in [-0.39, 0.29) is 24.0 Å². The van der Waals surface area contributed by atoms with Gasteiger partial charge in [-0.1, -0.05) is 6.92 Å². The topological polar surface area (TPSA) is 89.2 Å². The Morgan fingerprint density at radius 1 is 1.27 bits per heavy atom. The van der Waals surface area contributed by atoms with Crippen molar-refractivity contribution in [3.05, 3.63) is 40.1 Å². The second-order valence-electron chi connectivity index (χ2n) is 6.27. The molecule has 3 rings (SSSR count). The number of hydrogen-bond acceptors (Lipinski definition) is 4. The van der Waals surface area contributed by atoms with Gasteiger partial charge in [0.2, 0.25) is 11.8 Å². The summed E-state index contributed by atoms with van der Waals surface area (Å²) in [5.74, 6) is 0.377. The van der Waals surface area contributed by atoms with Crippen LogP contribution in [-0.2, 0) is 35.5 Å². The van der Waals surface area contributed by atoms with Gasteiger partial charge in [0.25, 0.3) is 0 Å². The summed E-state index contributed by atoms with van der Waals surface area (Å²) in [6.07, 6.45) is 1.40. The molecule has 2 amide bonds. The van der Waals surface area contributed by atoms with Gasteiger partial charge in [-0.05, 0) is 37.1 Å². The lowest BCUT2D eigenvalue weighted by Crippen LogP contribution is -2.30. The predicted molar refractivity (Wildman–Crippen MR) is 98.3 cm³/mol. The molecule has 1 aliphatic heterocycles. The Hall–Kier alpha value is -2.90. The number of fused-ring (bicyclic) bond motifs is 1. The third-order valence-electron chi connectivity index (χ3n) is 4.56. The highest BCUT2D eigenvalue weighted by molar-refractivity contribution is 5.95. The van der Waals surface area contributed by atoms with Gasteiger partial charge in [0.05, 0.1) is 0 Å². The summed E-state index contributed by atoms with van der Waals surface area (Å²) in [6.45, 7) is 6.40. The molecule has 1 aromatic heterocycles. The average molecular weight is 357 g/mol. The number of amides is 2. The van der Waals surface area contributed by atoms with E-state index in [0.29, 0.717) is 31.0 Å². The molecule has 1 N–H and O–H groups in total. The molecule has 0 atom stereocenters. The minimum absolute atomic E-state index is 0.0122. The molecule has 1 aliphatic rings. The lowest BCUT2D eigenvalue weighted by atomic mass is 10.1. The maximum atomic E-state index is 12.3. The number of nitrogens with one attached hydrogen (secondary N) is 1. The third kappa shape index (κ3) is 3.26. The van der Waals surface area contributed by atoms with E-state index >= 15 is 0 Å². The predicted octanol–water partition coefficient (Wildman–Crippen LogP) is 1.17. The van der Waals surface area contributed by atoms with E-state index in [0.717, 1.165) is 17.7 Å². The molecule has 26 heavy (non-hydrogen) atoms. The molecule has 0 aliphatic carbocycles. The van der Waals surface area contributed by atoms with Crippen LogP contribution in [-0.4, -0.2) is 32.7 Å². The molecular weight excluding hydrogens is 334 g/mol. The van der Waals surface area contributed by atoms with Gasteiger partial charge >= 0.3 is 5.69 Å². The normalized spacial score (nSPS) is 13.0. The fourth-order valence-corrected chi connectivity index (χ4v) is 3.31. The van der Waals surface area contributed by atoms with Crippen LogP contribution in [0.3, 0.4) is 0 Å². The first-order valence-electron chi connectivity index (χ1n) is 8.82. The molecule has 0 bridgehead atoms. The number of aromatic nitrogens is 3. The summed E-state index contributed by atoms with van der Waals surface area (Å²) in [5, 5.41) is 7.03. The van der Waals surface area contributed by atoms with Crippen molar-refractivity contribution in [2.45, 2.75) is 46.7 Å². The fourth-order valence-electron chi connectivity index (χ4n) is 3.31. The Kier molecular flexibility index (Phi) is 4.92. The van der Waals surface area contributed by atoms with Gasteiger partial charge in [-0.2, -0.15) is 5.10 Å². The lowest BCUT2D eigenvalue weighted by molar-refractivity contribution is -0.117. The maximum Gasteiger partial charge on any atom is 0.346 e. The van der Waals surface area contributed by atoms with Crippen LogP contribution in [0.4, 0.5) is 11.4 Å². The summed E-state index contributed by atoms with van der Waals surface area (Å²) in [4.78, 5) is 37.9. The molecule has 138 valence electrons. The van der Waals surface area contributed by atoms with Crippen molar-refractivity contribution >= 4 is 23.2 Å². The van der Waals surface area contributed by atoms with Crippen molar-refractivity contribution < 1.29 is 9.59 Å². The van der Waals surface area contributed by atoms with Gasteiger partial charge in [-0.3, -0.25) is 14.2 Å². The van der Waals surface area contributed by atoms with Gasteiger partial charge in [-0.25, -0.2) is 9.48 Å². The SMILES string of the molecule is CCc1nn(CC(=O)Nc2ccc3c(c2)CCN3C(C)=O)c(=O)n1CC. The molecule has 0 radical (unpaired) electrons. The first kappa shape index (κ1) is 17.9. The zero-order valence-electron chi connectivity index (χ0n) is 15.3. The number of nitrogens with zero attached hydrogens (tertiary/aromatic N) is 4. The Bertz CT molecular complexity index is 912. The average Bonchev–Trinajstić information content (AvgIpc) is 3.15. The highest BCUT2D eigenvalue weighted by Gasteiger charge is 2.22. The summed E-state index contributed by atoms with van der Waals surface area (Å²) in [7, 11) is 0. The van der Waals surface area contributed by atoms with Crippen molar-refractivity contribution in [2.75, 3.05) is 16.8 Å².